The number of carbonyl (C=O) groups excluding carboxylic acids is 1. The molecule has 0 N–H and O–H groups in total. The molecule has 0 bridgehead atoms. The van der Waals surface area contributed by atoms with Crippen LogP contribution >= 0.6 is 0 Å². The normalized spacial score (nSPS) is 17.7. The van der Waals surface area contributed by atoms with E-state index in [-0.39, 0.29) is 17.9 Å². The SMILES string of the molecule is COc1cccc(CN(CC2CCCO2)C(=O)C(C)c2c(C)noc2C)c1. The summed E-state index contributed by atoms with van der Waals surface area (Å²) in [5.41, 5.74) is 2.68. The molecule has 1 aliphatic heterocycles. The minimum absolute atomic E-state index is 0.0581. The molecule has 2 aromatic rings. The molecule has 1 saturated heterocycles. The standard InChI is InChI=1S/C21H28N2O4/c1-14(20-15(2)22-27-16(20)3)21(24)23(13-19-9-6-10-26-19)12-17-7-5-8-18(11-17)25-4/h5,7-8,11,14,19H,6,9-10,12-13H2,1-4H3. The van der Waals surface area contributed by atoms with E-state index in [1.165, 1.54) is 0 Å². The molecule has 0 aliphatic carbocycles. The van der Waals surface area contributed by atoms with E-state index in [9.17, 15) is 4.79 Å². The third-order valence-corrected chi connectivity index (χ3v) is 5.16. The molecule has 1 amide bonds. The molecule has 1 aliphatic rings. The van der Waals surface area contributed by atoms with Crippen LogP contribution in [0.25, 0.3) is 0 Å². The second kappa shape index (κ2) is 8.57. The van der Waals surface area contributed by atoms with Crippen molar-refractivity contribution in [2.75, 3.05) is 20.3 Å². The lowest BCUT2D eigenvalue weighted by Gasteiger charge is -2.28. The minimum Gasteiger partial charge on any atom is -0.497 e. The monoisotopic (exact) mass is 372 g/mol. The third kappa shape index (κ3) is 4.50. The van der Waals surface area contributed by atoms with Gasteiger partial charge in [0.2, 0.25) is 5.91 Å². The van der Waals surface area contributed by atoms with Crippen molar-refractivity contribution in [3.63, 3.8) is 0 Å². The Kier molecular flexibility index (Phi) is 6.16. The highest BCUT2D eigenvalue weighted by Crippen LogP contribution is 2.27. The zero-order chi connectivity index (χ0) is 19.4. The van der Waals surface area contributed by atoms with Crippen LogP contribution in [0.15, 0.2) is 28.8 Å². The topological polar surface area (TPSA) is 64.8 Å². The first kappa shape index (κ1) is 19.4. The molecule has 6 nitrogen and oxygen atoms in total. The van der Waals surface area contributed by atoms with Gasteiger partial charge in [-0.3, -0.25) is 4.79 Å². The maximum absolute atomic E-state index is 13.4. The fraction of sp³-hybridized carbons (Fsp3) is 0.524. The number of rotatable bonds is 7. The van der Waals surface area contributed by atoms with Crippen LogP contribution in [0, 0.1) is 13.8 Å². The van der Waals surface area contributed by atoms with Crippen LogP contribution in [-0.2, 0) is 16.1 Å². The van der Waals surface area contributed by atoms with Crippen LogP contribution in [0.1, 0.15) is 48.3 Å². The summed E-state index contributed by atoms with van der Waals surface area (Å²) in [7, 11) is 1.65. The van der Waals surface area contributed by atoms with Crippen LogP contribution in [0.3, 0.4) is 0 Å². The summed E-state index contributed by atoms with van der Waals surface area (Å²) in [5, 5.41) is 4.00. The number of ether oxygens (including phenoxy) is 2. The van der Waals surface area contributed by atoms with Gasteiger partial charge in [-0.1, -0.05) is 17.3 Å². The van der Waals surface area contributed by atoms with Gasteiger partial charge in [-0.2, -0.15) is 0 Å². The molecule has 3 rings (SSSR count). The Hall–Kier alpha value is -2.34. The fourth-order valence-electron chi connectivity index (χ4n) is 3.76. The first-order valence-corrected chi connectivity index (χ1v) is 9.45. The number of aromatic nitrogens is 1. The lowest BCUT2D eigenvalue weighted by atomic mass is 9.97. The number of methoxy groups -OCH3 is 1. The van der Waals surface area contributed by atoms with Crippen molar-refractivity contribution in [1.82, 2.24) is 10.1 Å². The first-order chi connectivity index (χ1) is 13.0. The van der Waals surface area contributed by atoms with E-state index in [0.717, 1.165) is 42.0 Å². The van der Waals surface area contributed by atoms with Crippen molar-refractivity contribution >= 4 is 5.91 Å². The molecule has 0 radical (unpaired) electrons. The first-order valence-electron chi connectivity index (χ1n) is 9.45. The van der Waals surface area contributed by atoms with Crippen molar-refractivity contribution < 1.29 is 18.8 Å². The Balaban J connectivity index is 1.82. The largest absolute Gasteiger partial charge is 0.497 e. The molecule has 2 atom stereocenters. The number of amides is 1. The van der Waals surface area contributed by atoms with E-state index in [2.05, 4.69) is 5.16 Å². The second-order valence-electron chi connectivity index (χ2n) is 7.16. The summed E-state index contributed by atoms with van der Waals surface area (Å²) in [6, 6.07) is 7.83. The zero-order valence-corrected chi connectivity index (χ0v) is 16.5. The third-order valence-electron chi connectivity index (χ3n) is 5.16. The summed E-state index contributed by atoms with van der Waals surface area (Å²) < 4.78 is 16.4. The molecule has 1 aromatic heterocycles. The lowest BCUT2D eigenvalue weighted by molar-refractivity contribution is -0.134. The highest BCUT2D eigenvalue weighted by molar-refractivity contribution is 5.84. The van der Waals surface area contributed by atoms with Crippen LogP contribution in [0.5, 0.6) is 5.75 Å². The quantitative estimate of drug-likeness (QED) is 0.743. The molecule has 27 heavy (non-hydrogen) atoms. The number of benzene rings is 1. The van der Waals surface area contributed by atoms with Gasteiger partial charge in [-0.05, 0) is 51.3 Å². The summed E-state index contributed by atoms with van der Waals surface area (Å²) in [5.74, 6) is 1.23. The number of carbonyl (C=O) groups is 1. The molecule has 2 heterocycles. The van der Waals surface area contributed by atoms with Gasteiger partial charge < -0.3 is 18.9 Å². The van der Waals surface area contributed by atoms with Gasteiger partial charge in [-0.25, -0.2) is 0 Å². The number of aryl methyl sites for hydroxylation is 2. The van der Waals surface area contributed by atoms with Crippen LogP contribution < -0.4 is 4.74 Å². The average molecular weight is 372 g/mol. The van der Waals surface area contributed by atoms with Gasteiger partial charge in [0.15, 0.2) is 0 Å². The van der Waals surface area contributed by atoms with Crippen molar-refractivity contribution in [3.8, 4) is 5.75 Å². The van der Waals surface area contributed by atoms with Gasteiger partial charge in [0.05, 0.1) is 24.8 Å². The molecular weight excluding hydrogens is 344 g/mol. The fourth-order valence-corrected chi connectivity index (χ4v) is 3.76. The highest BCUT2D eigenvalue weighted by Gasteiger charge is 2.29. The predicted molar refractivity (Wildman–Crippen MR) is 102 cm³/mol. The van der Waals surface area contributed by atoms with E-state index in [0.29, 0.717) is 18.8 Å². The number of hydrogen-bond donors (Lipinski definition) is 0. The average Bonchev–Trinajstić information content (AvgIpc) is 3.30. The Labute approximate surface area is 160 Å². The van der Waals surface area contributed by atoms with E-state index in [4.69, 9.17) is 14.0 Å². The predicted octanol–water partition coefficient (Wildman–Crippen LogP) is 3.61. The van der Waals surface area contributed by atoms with Gasteiger partial charge in [0, 0.05) is 25.3 Å². The zero-order valence-electron chi connectivity index (χ0n) is 16.5. The smallest absolute Gasteiger partial charge is 0.230 e. The summed E-state index contributed by atoms with van der Waals surface area (Å²) in [6.07, 6.45) is 2.13. The Morgan fingerprint density at radius 2 is 2.22 bits per heavy atom. The maximum Gasteiger partial charge on any atom is 0.230 e. The van der Waals surface area contributed by atoms with E-state index < -0.39 is 0 Å². The van der Waals surface area contributed by atoms with Crippen LogP contribution in [0.4, 0.5) is 0 Å². The van der Waals surface area contributed by atoms with Crippen molar-refractivity contribution in [3.05, 3.63) is 46.8 Å². The van der Waals surface area contributed by atoms with E-state index >= 15 is 0 Å². The van der Waals surface area contributed by atoms with Crippen molar-refractivity contribution in [2.24, 2.45) is 0 Å². The van der Waals surface area contributed by atoms with Crippen LogP contribution in [0.2, 0.25) is 0 Å². The Morgan fingerprint density at radius 1 is 1.41 bits per heavy atom. The molecule has 6 heteroatoms. The lowest BCUT2D eigenvalue weighted by Crippen LogP contribution is -2.39. The van der Waals surface area contributed by atoms with Crippen LogP contribution in [-0.4, -0.2) is 42.3 Å². The molecule has 0 spiro atoms. The van der Waals surface area contributed by atoms with Gasteiger partial charge in [-0.15, -0.1) is 0 Å². The van der Waals surface area contributed by atoms with E-state index in [1.807, 2.05) is 49.9 Å². The van der Waals surface area contributed by atoms with Gasteiger partial charge in [0.25, 0.3) is 0 Å². The molecule has 0 saturated carbocycles. The van der Waals surface area contributed by atoms with Crippen molar-refractivity contribution in [1.29, 1.82) is 0 Å². The molecule has 1 fully saturated rings. The van der Waals surface area contributed by atoms with E-state index in [1.54, 1.807) is 7.11 Å². The van der Waals surface area contributed by atoms with Gasteiger partial charge in [0.1, 0.15) is 11.5 Å². The maximum atomic E-state index is 13.4. The van der Waals surface area contributed by atoms with Gasteiger partial charge >= 0.3 is 0 Å². The summed E-state index contributed by atoms with van der Waals surface area (Å²) >= 11 is 0. The summed E-state index contributed by atoms with van der Waals surface area (Å²) in [4.78, 5) is 15.3. The molecule has 1 aromatic carbocycles. The minimum atomic E-state index is -0.316. The molecule has 146 valence electrons. The van der Waals surface area contributed by atoms with Crippen molar-refractivity contribution in [2.45, 2.75) is 52.2 Å². The number of nitrogens with zero attached hydrogens (tertiary/aromatic N) is 2. The Morgan fingerprint density at radius 3 is 2.85 bits per heavy atom. The second-order valence-corrected chi connectivity index (χ2v) is 7.16. The molecule has 2 unspecified atom stereocenters. The Bertz CT molecular complexity index is 761. The number of hydrogen-bond acceptors (Lipinski definition) is 5. The molecular formula is C21H28N2O4. The summed E-state index contributed by atoms with van der Waals surface area (Å²) in [6.45, 7) is 7.52. The highest BCUT2D eigenvalue weighted by atomic mass is 16.5.